The molecule has 2 aromatic carbocycles. The van der Waals surface area contributed by atoms with Crippen LogP contribution in [0.15, 0.2) is 48.5 Å². The van der Waals surface area contributed by atoms with Crippen molar-refractivity contribution in [3.8, 4) is 17.2 Å². The van der Waals surface area contributed by atoms with E-state index in [9.17, 15) is 9.90 Å². The molecule has 0 saturated carbocycles. The molecule has 0 fully saturated rings. The predicted octanol–water partition coefficient (Wildman–Crippen LogP) is 1.69. The van der Waals surface area contributed by atoms with Crippen LogP contribution in [0.2, 0.25) is 0 Å². The highest BCUT2D eigenvalue weighted by molar-refractivity contribution is 5.77. The molecule has 126 valence electrons. The number of carbonyl (C=O) groups excluding carboxylic acids is 1. The van der Waals surface area contributed by atoms with Crippen LogP contribution >= 0.6 is 0 Å². The zero-order chi connectivity index (χ0) is 16.8. The second-order valence-electron chi connectivity index (χ2n) is 5.32. The van der Waals surface area contributed by atoms with Crippen LogP contribution in [0.1, 0.15) is 11.7 Å². The van der Waals surface area contributed by atoms with Crippen LogP contribution in [0.4, 0.5) is 0 Å². The third-order valence-corrected chi connectivity index (χ3v) is 3.56. The second-order valence-corrected chi connectivity index (χ2v) is 5.32. The molecule has 0 radical (unpaired) electrons. The van der Waals surface area contributed by atoms with Gasteiger partial charge in [0.15, 0.2) is 18.1 Å². The van der Waals surface area contributed by atoms with Crippen LogP contribution in [-0.4, -0.2) is 37.4 Å². The van der Waals surface area contributed by atoms with Gasteiger partial charge in [0.1, 0.15) is 19.0 Å². The molecule has 0 aromatic heterocycles. The molecule has 1 amide bonds. The van der Waals surface area contributed by atoms with Gasteiger partial charge in [-0.3, -0.25) is 4.79 Å². The summed E-state index contributed by atoms with van der Waals surface area (Å²) in [7, 11) is 0. The maximum Gasteiger partial charge on any atom is 0.258 e. The quantitative estimate of drug-likeness (QED) is 0.843. The number of rotatable bonds is 6. The molecule has 6 nitrogen and oxygen atoms in total. The van der Waals surface area contributed by atoms with Crippen molar-refractivity contribution in [3.05, 3.63) is 54.1 Å². The normalized spacial score (nSPS) is 13.9. The maximum atomic E-state index is 11.8. The summed E-state index contributed by atoms with van der Waals surface area (Å²) >= 11 is 0. The van der Waals surface area contributed by atoms with Gasteiger partial charge in [-0.1, -0.05) is 24.3 Å². The van der Waals surface area contributed by atoms with Gasteiger partial charge in [0.05, 0.1) is 6.10 Å². The topological polar surface area (TPSA) is 77.0 Å². The molecular weight excluding hydrogens is 310 g/mol. The van der Waals surface area contributed by atoms with Gasteiger partial charge in [-0.25, -0.2) is 0 Å². The molecule has 24 heavy (non-hydrogen) atoms. The van der Waals surface area contributed by atoms with Gasteiger partial charge < -0.3 is 24.6 Å². The summed E-state index contributed by atoms with van der Waals surface area (Å²) in [6.45, 7) is 1.00. The molecule has 0 spiro atoms. The molecule has 6 heteroatoms. The lowest BCUT2D eigenvalue weighted by molar-refractivity contribution is -0.123. The lowest BCUT2D eigenvalue weighted by Gasteiger charge is -2.20. The Bertz CT molecular complexity index is 689. The summed E-state index contributed by atoms with van der Waals surface area (Å²) in [6, 6.07) is 14.3. The minimum Gasteiger partial charge on any atom is -0.486 e. The Balaban J connectivity index is 1.48. The number of fused-ring (bicyclic) bond motifs is 1. The van der Waals surface area contributed by atoms with E-state index < -0.39 is 6.10 Å². The van der Waals surface area contributed by atoms with Gasteiger partial charge in [0, 0.05) is 6.54 Å². The Morgan fingerprint density at radius 1 is 1.12 bits per heavy atom. The van der Waals surface area contributed by atoms with Crippen LogP contribution in [0.5, 0.6) is 17.2 Å². The fourth-order valence-corrected chi connectivity index (χ4v) is 2.31. The molecule has 1 unspecified atom stereocenters. The number of aliphatic hydroxyl groups excluding tert-OH is 1. The molecule has 2 N–H and O–H groups in total. The Hall–Kier alpha value is -2.73. The van der Waals surface area contributed by atoms with Crippen molar-refractivity contribution < 1.29 is 24.1 Å². The maximum absolute atomic E-state index is 11.8. The molecule has 3 rings (SSSR count). The molecular formula is C18H19NO5. The Labute approximate surface area is 140 Å². The first-order valence-corrected chi connectivity index (χ1v) is 7.74. The van der Waals surface area contributed by atoms with E-state index in [0.29, 0.717) is 36.0 Å². The van der Waals surface area contributed by atoms with Gasteiger partial charge >= 0.3 is 0 Å². The summed E-state index contributed by atoms with van der Waals surface area (Å²) in [6.07, 6.45) is -0.832. The van der Waals surface area contributed by atoms with Crippen molar-refractivity contribution in [2.24, 2.45) is 0 Å². The fourth-order valence-electron chi connectivity index (χ4n) is 2.31. The lowest BCUT2D eigenvalue weighted by Crippen LogP contribution is -2.32. The number of benzene rings is 2. The van der Waals surface area contributed by atoms with Crippen molar-refractivity contribution in [3.63, 3.8) is 0 Å². The van der Waals surface area contributed by atoms with Crippen LogP contribution in [0.3, 0.4) is 0 Å². The van der Waals surface area contributed by atoms with Crippen molar-refractivity contribution in [2.75, 3.05) is 26.4 Å². The lowest BCUT2D eigenvalue weighted by atomic mass is 10.1. The first kappa shape index (κ1) is 16.1. The van der Waals surface area contributed by atoms with E-state index in [2.05, 4.69) is 5.32 Å². The molecule has 0 aliphatic carbocycles. The minimum atomic E-state index is -0.832. The van der Waals surface area contributed by atoms with Gasteiger partial charge in [-0.05, 0) is 29.8 Å². The molecule has 1 atom stereocenters. The zero-order valence-electron chi connectivity index (χ0n) is 13.1. The van der Waals surface area contributed by atoms with E-state index in [-0.39, 0.29) is 19.1 Å². The number of ether oxygens (including phenoxy) is 3. The van der Waals surface area contributed by atoms with Crippen LogP contribution in [0.25, 0.3) is 0 Å². The largest absolute Gasteiger partial charge is 0.486 e. The predicted molar refractivity (Wildman–Crippen MR) is 87.3 cm³/mol. The Morgan fingerprint density at radius 2 is 1.88 bits per heavy atom. The van der Waals surface area contributed by atoms with Crippen molar-refractivity contribution >= 4 is 5.91 Å². The molecule has 1 heterocycles. The average molecular weight is 329 g/mol. The molecule has 0 bridgehead atoms. The van der Waals surface area contributed by atoms with E-state index in [4.69, 9.17) is 14.2 Å². The highest BCUT2D eigenvalue weighted by Gasteiger charge is 2.16. The van der Waals surface area contributed by atoms with E-state index in [1.54, 1.807) is 30.3 Å². The number of hydrogen-bond donors (Lipinski definition) is 2. The van der Waals surface area contributed by atoms with E-state index in [1.807, 2.05) is 18.2 Å². The number of hydrogen-bond acceptors (Lipinski definition) is 5. The number of nitrogens with one attached hydrogen (secondary N) is 1. The summed E-state index contributed by atoms with van der Waals surface area (Å²) in [5.74, 6) is 1.60. The third kappa shape index (κ3) is 4.17. The van der Waals surface area contributed by atoms with Gasteiger partial charge in [-0.2, -0.15) is 0 Å². The highest BCUT2D eigenvalue weighted by Crippen LogP contribution is 2.32. The van der Waals surface area contributed by atoms with Crippen molar-refractivity contribution in [1.82, 2.24) is 5.32 Å². The smallest absolute Gasteiger partial charge is 0.258 e. The van der Waals surface area contributed by atoms with Gasteiger partial charge in [0.25, 0.3) is 5.91 Å². The SMILES string of the molecule is O=C(COc1ccccc1)NCC(O)c1ccc2c(c1)OCCO2. The summed E-state index contributed by atoms with van der Waals surface area (Å²) in [5.41, 5.74) is 0.656. The number of para-hydroxylation sites is 1. The van der Waals surface area contributed by atoms with Crippen LogP contribution in [-0.2, 0) is 4.79 Å². The highest BCUT2D eigenvalue weighted by atomic mass is 16.6. The van der Waals surface area contributed by atoms with E-state index in [0.717, 1.165) is 0 Å². The summed E-state index contributed by atoms with van der Waals surface area (Å²) in [4.78, 5) is 11.8. The molecule has 1 aliphatic heterocycles. The number of amides is 1. The fraction of sp³-hybridized carbons (Fsp3) is 0.278. The zero-order valence-corrected chi connectivity index (χ0v) is 13.1. The van der Waals surface area contributed by atoms with Crippen molar-refractivity contribution in [1.29, 1.82) is 0 Å². The standard InChI is InChI=1S/C18H19NO5/c20-15(13-6-7-16-17(10-13)23-9-8-22-16)11-19-18(21)12-24-14-4-2-1-3-5-14/h1-7,10,15,20H,8-9,11-12H2,(H,19,21). The van der Waals surface area contributed by atoms with Crippen molar-refractivity contribution in [2.45, 2.75) is 6.10 Å². The average Bonchev–Trinajstić information content (AvgIpc) is 2.65. The first-order valence-electron chi connectivity index (χ1n) is 7.74. The molecule has 2 aromatic rings. The summed E-state index contributed by atoms with van der Waals surface area (Å²) < 4.78 is 16.3. The van der Waals surface area contributed by atoms with Crippen LogP contribution < -0.4 is 19.5 Å². The third-order valence-electron chi connectivity index (χ3n) is 3.56. The molecule has 0 saturated heterocycles. The van der Waals surface area contributed by atoms with Gasteiger partial charge in [-0.15, -0.1) is 0 Å². The van der Waals surface area contributed by atoms with Gasteiger partial charge in [0.2, 0.25) is 0 Å². The number of carbonyl (C=O) groups is 1. The number of aliphatic hydroxyl groups is 1. The second kappa shape index (κ2) is 7.70. The minimum absolute atomic E-state index is 0.0939. The Morgan fingerprint density at radius 3 is 2.67 bits per heavy atom. The molecule has 1 aliphatic rings. The first-order chi connectivity index (χ1) is 11.7. The Kier molecular flexibility index (Phi) is 5.18. The summed E-state index contributed by atoms with van der Waals surface area (Å²) in [5, 5.41) is 12.8. The van der Waals surface area contributed by atoms with Crippen LogP contribution in [0, 0.1) is 0 Å². The van der Waals surface area contributed by atoms with E-state index in [1.165, 1.54) is 0 Å². The van der Waals surface area contributed by atoms with E-state index >= 15 is 0 Å². The monoisotopic (exact) mass is 329 g/mol.